The molecule has 1 aliphatic heterocycles. The molecule has 0 saturated heterocycles. The minimum Gasteiger partial charge on any atom is -0.462 e. The molecule has 2 atom stereocenters. The van der Waals surface area contributed by atoms with Crippen LogP contribution in [-0.4, -0.2) is 23.6 Å². The maximum absolute atomic E-state index is 13.2. The topological polar surface area (TPSA) is 55.7 Å². The molecule has 1 aromatic rings. The third-order valence-electron chi connectivity index (χ3n) is 5.99. The van der Waals surface area contributed by atoms with Gasteiger partial charge < -0.3 is 4.74 Å². The Labute approximate surface area is 175 Å². The van der Waals surface area contributed by atoms with Crippen LogP contribution in [0.5, 0.6) is 0 Å². The van der Waals surface area contributed by atoms with E-state index >= 15 is 0 Å². The van der Waals surface area contributed by atoms with Gasteiger partial charge in [0.05, 0.1) is 10.0 Å². The first-order chi connectivity index (χ1) is 13.5. The van der Waals surface area contributed by atoms with Crippen LogP contribution in [0.4, 0.5) is 0 Å². The number of Topliss-reactive ketones (excluding diaryl/α,β-unsaturated/α-hetero) is 1. The summed E-state index contributed by atoms with van der Waals surface area (Å²) < 4.78 is 5.83. The largest absolute Gasteiger partial charge is 0.462 e. The van der Waals surface area contributed by atoms with Gasteiger partial charge in [-0.3, -0.25) is 14.6 Å². The van der Waals surface area contributed by atoms with Gasteiger partial charge in [-0.15, -0.1) is 0 Å². The Morgan fingerprint density at radius 3 is 2.64 bits per heavy atom. The number of ether oxygens (including phenoxy) is 1. The highest BCUT2D eigenvalue weighted by atomic mass is 35.5. The number of hydrogen-bond donors (Lipinski definition) is 0. The number of ketones is 1. The molecule has 0 amide bonds. The summed E-state index contributed by atoms with van der Waals surface area (Å²) in [6, 6.07) is 5.36. The quantitative estimate of drug-likeness (QED) is 0.593. The lowest BCUT2D eigenvalue weighted by Crippen LogP contribution is -2.38. The van der Waals surface area contributed by atoms with Crippen molar-refractivity contribution in [1.82, 2.24) is 0 Å². The zero-order valence-electron chi connectivity index (χ0n) is 15.8. The van der Waals surface area contributed by atoms with Crippen LogP contribution in [0.25, 0.3) is 0 Å². The average Bonchev–Trinajstić information content (AvgIpc) is 3.16. The van der Waals surface area contributed by atoms with E-state index in [2.05, 4.69) is 4.99 Å². The van der Waals surface area contributed by atoms with Gasteiger partial charge in [0.15, 0.2) is 5.78 Å². The highest BCUT2D eigenvalue weighted by molar-refractivity contribution is 6.42. The van der Waals surface area contributed by atoms with Gasteiger partial charge in [0.25, 0.3) is 0 Å². The van der Waals surface area contributed by atoms with Gasteiger partial charge in [0.2, 0.25) is 0 Å². The monoisotopic (exact) mass is 419 g/mol. The molecular weight excluding hydrogens is 397 g/mol. The number of nitrogens with zero attached hydrogens (tertiary/aromatic N) is 1. The molecule has 28 heavy (non-hydrogen) atoms. The molecule has 0 spiro atoms. The average molecular weight is 420 g/mol. The zero-order valence-corrected chi connectivity index (χ0v) is 17.4. The molecule has 1 heterocycles. The second kappa shape index (κ2) is 8.00. The van der Waals surface area contributed by atoms with E-state index in [1.807, 2.05) is 13.0 Å². The van der Waals surface area contributed by atoms with E-state index in [4.69, 9.17) is 27.9 Å². The highest BCUT2D eigenvalue weighted by Crippen LogP contribution is 2.46. The Balaban J connectivity index is 1.80. The summed E-state index contributed by atoms with van der Waals surface area (Å²) in [6.45, 7) is 1.84. The molecular formula is C22H23Cl2NO3. The minimum absolute atomic E-state index is 0.0391. The fraction of sp³-hybridized carbons (Fsp3) is 0.500. The van der Waals surface area contributed by atoms with Crippen LogP contribution in [0.1, 0.15) is 63.4 Å². The summed E-state index contributed by atoms with van der Waals surface area (Å²) >= 11 is 12.8. The molecule has 3 aliphatic rings. The van der Waals surface area contributed by atoms with Gasteiger partial charge in [-0.05, 0) is 57.1 Å². The predicted octanol–water partition coefficient (Wildman–Crippen LogP) is 5.66. The number of halogens is 2. The van der Waals surface area contributed by atoms with Crippen molar-refractivity contribution >= 4 is 40.7 Å². The second-order valence-electron chi connectivity index (χ2n) is 7.83. The van der Waals surface area contributed by atoms with E-state index in [1.165, 1.54) is 0 Å². The van der Waals surface area contributed by atoms with Crippen molar-refractivity contribution in [1.29, 1.82) is 0 Å². The third-order valence-corrected chi connectivity index (χ3v) is 6.82. The summed E-state index contributed by atoms with van der Waals surface area (Å²) in [7, 11) is 0. The van der Waals surface area contributed by atoms with Gasteiger partial charge in [-0.2, -0.15) is 0 Å². The molecule has 0 N–H and O–H groups in total. The molecule has 148 valence electrons. The standard InChI is InChI=1S/C22H23Cl2NO3/c1-12-18(22(27)28-13-6-2-3-7-13)19(14-8-4-9-15(23)21(14)24)20-16(25-12)10-5-11-17(20)26/h4,8-9,13,18-19H,2-3,5-7,10-11H2,1H3/t18?,19-/m1/s1. The number of allylic oxidation sites excluding steroid dienone is 2. The Bertz CT molecular complexity index is 884. The van der Waals surface area contributed by atoms with E-state index < -0.39 is 11.8 Å². The SMILES string of the molecule is CC1=NC2=C(C(=O)CCC2)[C@H](c2cccc(Cl)c2Cl)C1C(=O)OC1CCCC1. The smallest absolute Gasteiger partial charge is 0.315 e. The second-order valence-corrected chi connectivity index (χ2v) is 8.62. The van der Waals surface area contributed by atoms with Crippen LogP contribution in [0.2, 0.25) is 10.0 Å². The molecule has 1 fully saturated rings. The Morgan fingerprint density at radius 1 is 1.14 bits per heavy atom. The third kappa shape index (κ3) is 3.53. The fourth-order valence-electron chi connectivity index (χ4n) is 4.65. The van der Waals surface area contributed by atoms with E-state index in [0.717, 1.165) is 44.2 Å². The Morgan fingerprint density at radius 2 is 1.89 bits per heavy atom. The molecule has 2 aliphatic carbocycles. The lowest BCUT2D eigenvalue weighted by molar-refractivity contribution is -0.151. The number of carbonyl (C=O) groups is 2. The summed E-state index contributed by atoms with van der Waals surface area (Å²) in [4.78, 5) is 30.7. The van der Waals surface area contributed by atoms with Crippen LogP contribution in [0, 0.1) is 5.92 Å². The minimum atomic E-state index is -0.655. The van der Waals surface area contributed by atoms with Crippen molar-refractivity contribution in [2.45, 2.75) is 63.9 Å². The van der Waals surface area contributed by atoms with Crippen molar-refractivity contribution in [3.63, 3.8) is 0 Å². The lowest BCUT2D eigenvalue weighted by Gasteiger charge is -2.35. The molecule has 4 nitrogen and oxygen atoms in total. The van der Waals surface area contributed by atoms with Gasteiger partial charge in [0.1, 0.15) is 12.0 Å². The van der Waals surface area contributed by atoms with E-state index in [1.54, 1.807) is 12.1 Å². The first-order valence-corrected chi connectivity index (χ1v) is 10.7. The van der Waals surface area contributed by atoms with E-state index in [9.17, 15) is 9.59 Å². The molecule has 0 bridgehead atoms. The van der Waals surface area contributed by atoms with Crippen molar-refractivity contribution in [2.75, 3.05) is 0 Å². The molecule has 1 unspecified atom stereocenters. The fourth-order valence-corrected chi connectivity index (χ4v) is 5.08. The first-order valence-electron chi connectivity index (χ1n) is 9.93. The molecule has 1 aromatic carbocycles. The maximum atomic E-state index is 13.2. The van der Waals surface area contributed by atoms with Gasteiger partial charge in [0, 0.05) is 29.3 Å². The first kappa shape index (κ1) is 19.7. The molecule has 1 saturated carbocycles. The number of benzene rings is 1. The molecule has 0 aromatic heterocycles. The summed E-state index contributed by atoms with van der Waals surface area (Å²) in [5.74, 6) is -1.44. The van der Waals surface area contributed by atoms with Crippen LogP contribution in [0.3, 0.4) is 0 Å². The Kier molecular flexibility index (Phi) is 5.62. The van der Waals surface area contributed by atoms with Crippen molar-refractivity contribution in [2.24, 2.45) is 10.9 Å². The maximum Gasteiger partial charge on any atom is 0.315 e. The van der Waals surface area contributed by atoms with E-state index in [0.29, 0.717) is 33.3 Å². The van der Waals surface area contributed by atoms with Gasteiger partial charge >= 0.3 is 5.97 Å². The summed E-state index contributed by atoms with van der Waals surface area (Å²) in [6.07, 6.45) is 5.87. The van der Waals surface area contributed by atoms with Crippen LogP contribution >= 0.6 is 23.2 Å². The number of esters is 1. The molecule has 0 radical (unpaired) electrons. The van der Waals surface area contributed by atoms with Crippen LogP contribution in [-0.2, 0) is 14.3 Å². The van der Waals surface area contributed by atoms with Crippen molar-refractivity contribution in [3.8, 4) is 0 Å². The van der Waals surface area contributed by atoms with Crippen molar-refractivity contribution in [3.05, 3.63) is 45.1 Å². The predicted molar refractivity (Wildman–Crippen MR) is 110 cm³/mol. The van der Waals surface area contributed by atoms with E-state index in [-0.39, 0.29) is 17.9 Å². The van der Waals surface area contributed by atoms with Crippen molar-refractivity contribution < 1.29 is 14.3 Å². The van der Waals surface area contributed by atoms with Gasteiger partial charge in [-0.1, -0.05) is 35.3 Å². The molecule has 6 heteroatoms. The number of rotatable bonds is 3. The number of hydrogen-bond acceptors (Lipinski definition) is 4. The van der Waals surface area contributed by atoms with Crippen LogP contribution < -0.4 is 0 Å². The number of carbonyl (C=O) groups excluding carboxylic acids is 2. The Hall–Kier alpha value is -1.65. The molecule has 4 rings (SSSR count). The van der Waals surface area contributed by atoms with Crippen LogP contribution in [0.15, 0.2) is 34.5 Å². The number of aliphatic imine (C=N–C) groups is 1. The summed E-state index contributed by atoms with van der Waals surface area (Å²) in [5.41, 5.74) is 2.76. The van der Waals surface area contributed by atoms with Gasteiger partial charge in [-0.25, -0.2) is 0 Å². The highest BCUT2D eigenvalue weighted by Gasteiger charge is 2.44. The zero-order chi connectivity index (χ0) is 19.8. The summed E-state index contributed by atoms with van der Waals surface area (Å²) in [5, 5.41) is 0.792. The lowest BCUT2D eigenvalue weighted by atomic mass is 9.71. The normalized spacial score (nSPS) is 25.5.